The Bertz CT molecular complexity index is 373. The molecule has 0 aliphatic carbocycles. The summed E-state index contributed by atoms with van der Waals surface area (Å²) in [4.78, 5) is 2.59. The molecule has 1 N–H and O–H groups in total. The fourth-order valence-electron chi connectivity index (χ4n) is 2.58. The molecule has 1 aromatic carbocycles. The number of halogens is 1. The molecular weight excluding hydrogens is 256 g/mol. The maximum Gasteiger partial charge on any atom is 0.0450 e. The van der Waals surface area contributed by atoms with E-state index in [0.717, 1.165) is 24.0 Å². The van der Waals surface area contributed by atoms with Gasteiger partial charge in [0.15, 0.2) is 0 Å². The van der Waals surface area contributed by atoms with Crippen LogP contribution in [0, 0.1) is 5.92 Å². The van der Waals surface area contributed by atoms with Gasteiger partial charge in [-0.1, -0.05) is 36.7 Å². The van der Waals surface area contributed by atoms with Crippen molar-refractivity contribution < 1.29 is 0 Å². The molecule has 1 aliphatic heterocycles. The topological polar surface area (TPSA) is 15.3 Å². The van der Waals surface area contributed by atoms with E-state index in [4.69, 9.17) is 11.6 Å². The number of hydrogen-bond acceptors (Lipinski definition) is 2. The van der Waals surface area contributed by atoms with Gasteiger partial charge in [-0.2, -0.15) is 0 Å². The first-order valence-electron chi connectivity index (χ1n) is 7.42. The summed E-state index contributed by atoms with van der Waals surface area (Å²) < 4.78 is 0. The number of nitrogens with one attached hydrogen (secondary N) is 1. The molecule has 0 amide bonds. The second-order valence-electron chi connectivity index (χ2n) is 5.65. The van der Waals surface area contributed by atoms with Crippen molar-refractivity contribution in [1.29, 1.82) is 0 Å². The molecular formula is C16H25ClN2. The number of rotatable bonds is 6. The molecule has 1 fully saturated rings. The Labute approximate surface area is 122 Å². The summed E-state index contributed by atoms with van der Waals surface area (Å²) in [6.07, 6.45) is 3.96. The highest BCUT2D eigenvalue weighted by molar-refractivity contribution is 6.31. The number of benzene rings is 1. The van der Waals surface area contributed by atoms with Gasteiger partial charge in [0.2, 0.25) is 0 Å². The van der Waals surface area contributed by atoms with Crippen LogP contribution in [0.25, 0.3) is 0 Å². The summed E-state index contributed by atoms with van der Waals surface area (Å²) in [5, 5.41) is 4.34. The average molecular weight is 281 g/mol. The molecule has 0 bridgehead atoms. The third-order valence-corrected chi connectivity index (χ3v) is 4.35. The van der Waals surface area contributed by atoms with Gasteiger partial charge in [-0.3, -0.25) is 0 Å². The normalized spacial score (nSPS) is 17.8. The largest absolute Gasteiger partial charge is 0.313 e. The van der Waals surface area contributed by atoms with Crippen LogP contribution in [0.5, 0.6) is 0 Å². The van der Waals surface area contributed by atoms with E-state index >= 15 is 0 Å². The fraction of sp³-hybridized carbons (Fsp3) is 0.625. The summed E-state index contributed by atoms with van der Waals surface area (Å²) in [7, 11) is 0. The predicted octanol–water partition coefficient (Wildman–Crippen LogP) is 3.55. The van der Waals surface area contributed by atoms with Gasteiger partial charge in [-0.25, -0.2) is 0 Å². The minimum atomic E-state index is 0.861. The number of hydrogen-bond donors (Lipinski definition) is 1. The molecule has 1 saturated heterocycles. The fourth-order valence-corrected chi connectivity index (χ4v) is 2.78. The van der Waals surface area contributed by atoms with Gasteiger partial charge in [0.1, 0.15) is 0 Å². The van der Waals surface area contributed by atoms with Crippen LogP contribution in [0.2, 0.25) is 5.02 Å². The Morgan fingerprint density at radius 3 is 2.74 bits per heavy atom. The smallest absolute Gasteiger partial charge is 0.0450 e. The zero-order valence-corrected chi connectivity index (χ0v) is 12.6. The predicted molar refractivity (Wildman–Crippen MR) is 82.6 cm³/mol. The van der Waals surface area contributed by atoms with Gasteiger partial charge in [-0.05, 0) is 63.0 Å². The Hall–Kier alpha value is -0.570. The van der Waals surface area contributed by atoms with Crippen LogP contribution < -0.4 is 5.32 Å². The molecule has 106 valence electrons. The van der Waals surface area contributed by atoms with Crippen molar-refractivity contribution in [3.05, 3.63) is 34.9 Å². The summed E-state index contributed by atoms with van der Waals surface area (Å²) in [6.45, 7) is 8.09. The van der Waals surface area contributed by atoms with Gasteiger partial charge < -0.3 is 10.2 Å². The molecule has 3 heteroatoms. The SMILES string of the molecule is CC1CCN(CCCNCc2ccccc2Cl)CC1. The quantitative estimate of drug-likeness (QED) is 0.802. The first-order valence-corrected chi connectivity index (χ1v) is 7.80. The van der Waals surface area contributed by atoms with E-state index in [1.165, 1.54) is 44.5 Å². The van der Waals surface area contributed by atoms with Crippen LogP contribution >= 0.6 is 11.6 Å². The highest BCUT2D eigenvalue weighted by Crippen LogP contribution is 2.16. The van der Waals surface area contributed by atoms with Crippen molar-refractivity contribution in [2.45, 2.75) is 32.7 Å². The van der Waals surface area contributed by atoms with Crippen LogP contribution in [-0.4, -0.2) is 31.1 Å². The molecule has 2 nitrogen and oxygen atoms in total. The number of nitrogens with zero attached hydrogens (tertiary/aromatic N) is 1. The van der Waals surface area contributed by atoms with Crippen molar-refractivity contribution in [2.24, 2.45) is 5.92 Å². The molecule has 0 radical (unpaired) electrons. The van der Waals surface area contributed by atoms with Crippen LogP contribution in [0.15, 0.2) is 24.3 Å². The minimum absolute atomic E-state index is 0.861. The van der Waals surface area contributed by atoms with Gasteiger partial charge in [0.25, 0.3) is 0 Å². The van der Waals surface area contributed by atoms with Crippen molar-refractivity contribution in [2.75, 3.05) is 26.2 Å². The van der Waals surface area contributed by atoms with E-state index < -0.39 is 0 Å². The molecule has 0 saturated carbocycles. The van der Waals surface area contributed by atoms with Gasteiger partial charge >= 0.3 is 0 Å². The van der Waals surface area contributed by atoms with Crippen molar-refractivity contribution >= 4 is 11.6 Å². The third kappa shape index (κ3) is 5.13. The second kappa shape index (κ2) is 7.88. The lowest BCUT2D eigenvalue weighted by atomic mass is 9.99. The molecule has 1 heterocycles. The summed E-state index contributed by atoms with van der Waals surface area (Å²) in [5.41, 5.74) is 1.19. The number of piperidine rings is 1. The Kier molecular flexibility index (Phi) is 6.15. The first kappa shape index (κ1) is 14.8. The molecule has 19 heavy (non-hydrogen) atoms. The number of likely N-dealkylation sites (tertiary alicyclic amines) is 1. The molecule has 1 aliphatic rings. The van der Waals surface area contributed by atoms with Crippen molar-refractivity contribution in [3.63, 3.8) is 0 Å². The highest BCUT2D eigenvalue weighted by atomic mass is 35.5. The zero-order valence-electron chi connectivity index (χ0n) is 11.9. The second-order valence-corrected chi connectivity index (χ2v) is 6.05. The monoisotopic (exact) mass is 280 g/mol. The van der Waals surface area contributed by atoms with Crippen LogP contribution in [0.1, 0.15) is 31.7 Å². The van der Waals surface area contributed by atoms with Gasteiger partial charge in [0, 0.05) is 11.6 Å². The molecule has 1 aromatic rings. The van der Waals surface area contributed by atoms with Gasteiger partial charge in [-0.15, -0.1) is 0 Å². The Morgan fingerprint density at radius 1 is 1.26 bits per heavy atom. The lowest BCUT2D eigenvalue weighted by Crippen LogP contribution is -2.34. The lowest BCUT2D eigenvalue weighted by Gasteiger charge is -2.30. The molecule has 0 atom stereocenters. The highest BCUT2D eigenvalue weighted by Gasteiger charge is 2.14. The average Bonchev–Trinajstić information content (AvgIpc) is 2.42. The van der Waals surface area contributed by atoms with E-state index in [1.807, 2.05) is 18.2 Å². The third-order valence-electron chi connectivity index (χ3n) is 3.98. The van der Waals surface area contributed by atoms with Crippen LogP contribution in [0.4, 0.5) is 0 Å². The molecule has 0 unspecified atom stereocenters. The van der Waals surface area contributed by atoms with E-state index in [1.54, 1.807) is 0 Å². The van der Waals surface area contributed by atoms with Crippen LogP contribution in [0.3, 0.4) is 0 Å². The molecule has 0 spiro atoms. The maximum atomic E-state index is 6.12. The minimum Gasteiger partial charge on any atom is -0.313 e. The van der Waals surface area contributed by atoms with E-state index in [-0.39, 0.29) is 0 Å². The van der Waals surface area contributed by atoms with E-state index in [2.05, 4.69) is 23.2 Å². The molecule has 0 aromatic heterocycles. The summed E-state index contributed by atoms with van der Waals surface area (Å²) in [6, 6.07) is 8.05. The first-order chi connectivity index (χ1) is 9.25. The van der Waals surface area contributed by atoms with E-state index in [9.17, 15) is 0 Å². The Balaban J connectivity index is 1.56. The van der Waals surface area contributed by atoms with E-state index in [0.29, 0.717) is 0 Å². The lowest BCUT2D eigenvalue weighted by molar-refractivity contribution is 0.190. The summed E-state index contributed by atoms with van der Waals surface area (Å²) >= 11 is 6.12. The van der Waals surface area contributed by atoms with Gasteiger partial charge in [0.05, 0.1) is 0 Å². The maximum absolute atomic E-state index is 6.12. The summed E-state index contributed by atoms with van der Waals surface area (Å²) in [5.74, 6) is 0.926. The zero-order chi connectivity index (χ0) is 13.5. The van der Waals surface area contributed by atoms with Crippen molar-refractivity contribution in [3.8, 4) is 0 Å². The standard InChI is InChI=1S/C16H25ClN2/c1-14-7-11-19(12-8-14)10-4-9-18-13-15-5-2-3-6-16(15)17/h2-3,5-6,14,18H,4,7-13H2,1H3. The van der Waals surface area contributed by atoms with Crippen molar-refractivity contribution in [1.82, 2.24) is 10.2 Å². The van der Waals surface area contributed by atoms with Crippen LogP contribution in [-0.2, 0) is 6.54 Å². The molecule has 2 rings (SSSR count). The Morgan fingerprint density at radius 2 is 2.00 bits per heavy atom.